The molecule has 1 aliphatic heterocycles. The molecule has 1 fully saturated rings. The second kappa shape index (κ2) is 6.30. The van der Waals surface area contributed by atoms with Crippen molar-refractivity contribution in [3.63, 3.8) is 0 Å². The molecule has 0 aliphatic carbocycles. The first-order chi connectivity index (χ1) is 9.86. The number of piperidine rings is 1. The number of nitrogens with zero attached hydrogens (tertiary/aromatic N) is 1. The van der Waals surface area contributed by atoms with Crippen LogP contribution < -0.4 is 10.1 Å². The van der Waals surface area contributed by atoms with E-state index in [1.807, 2.05) is 0 Å². The summed E-state index contributed by atoms with van der Waals surface area (Å²) >= 11 is 0. The number of benzene rings is 1. The minimum Gasteiger partial charge on any atom is -0.493 e. The number of nitro groups is 1. The molecule has 1 aromatic carbocycles. The molecular weight excluding hydrogens is 289 g/mol. The summed E-state index contributed by atoms with van der Waals surface area (Å²) < 4.78 is 43.5. The maximum absolute atomic E-state index is 12.7. The van der Waals surface area contributed by atoms with E-state index in [1.54, 1.807) is 0 Å². The summed E-state index contributed by atoms with van der Waals surface area (Å²) in [6, 6.07) is 2.34. The lowest BCUT2D eigenvalue weighted by molar-refractivity contribution is -0.385. The minimum absolute atomic E-state index is 0.116. The lowest BCUT2D eigenvalue weighted by Crippen LogP contribution is -2.30. The van der Waals surface area contributed by atoms with Gasteiger partial charge in [0.15, 0.2) is 0 Å². The number of nitro benzene ring substituents is 1. The van der Waals surface area contributed by atoms with E-state index in [4.69, 9.17) is 4.74 Å². The van der Waals surface area contributed by atoms with E-state index in [1.165, 1.54) is 0 Å². The number of alkyl halides is 3. The van der Waals surface area contributed by atoms with Crippen LogP contribution in [0.5, 0.6) is 5.75 Å². The van der Waals surface area contributed by atoms with E-state index in [0.29, 0.717) is 6.07 Å². The van der Waals surface area contributed by atoms with Crippen LogP contribution in [0, 0.1) is 16.0 Å². The molecule has 0 unspecified atom stereocenters. The molecular formula is C13H15F3N2O3. The molecule has 5 nitrogen and oxygen atoms in total. The Bertz CT molecular complexity index is 514. The third kappa shape index (κ3) is 4.32. The van der Waals surface area contributed by atoms with Gasteiger partial charge in [-0.2, -0.15) is 13.2 Å². The second-order valence-corrected chi connectivity index (χ2v) is 4.97. The van der Waals surface area contributed by atoms with Crippen molar-refractivity contribution in [2.24, 2.45) is 5.92 Å². The minimum atomic E-state index is -4.64. The van der Waals surface area contributed by atoms with Gasteiger partial charge in [0.05, 0.1) is 23.2 Å². The number of ether oxygens (including phenoxy) is 1. The zero-order valence-electron chi connectivity index (χ0n) is 11.2. The number of halogens is 3. The topological polar surface area (TPSA) is 64.4 Å². The van der Waals surface area contributed by atoms with E-state index in [0.717, 1.165) is 38.1 Å². The average molecular weight is 304 g/mol. The summed E-state index contributed by atoms with van der Waals surface area (Å²) in [6.45, 7) is 1.95. The highest BCUT2D eigenvalue weighted by Crippen LogP contribution is 2.35. The van der Waals surface area contributed by atoms with Gasteiger partial charge in [-0.3, -0.25) is 10.1 Å². The van der Waals surface area contributed by atoms with Crippen LogP contribution in [-0.4, -0.2) is 24.6 Å². The lowest BCUT2D eigenvalue weighted by Gasteiger charge is -2.22. The maximum Gasteiger partial charge on any atom is 0.416 e. The van der Waals surface area contributed by atoms with Crippen molar-refractivity contribution in [2.75, 3.05) is 19.7 Å². The summed E-state index contributed by atoms with van der Waals surface area (Å²) in [7, 11) is 0. The standard InChI is InChI=1S/C13H15F3N2O3/c14-13(15,16)10-5-11(18(19)20)7-12(6-10)21-8-9-1-3-17-4-2-9/h5-7,9,17H,1-4,8H2. The largest absolute Gasteiger partial charge is 0.493 e. The van der Waals surface area contributed by atoms with Crippen molar-refractivity contribution in [2.45, 2.75) is 19.0 Å². The van der Waals surface area contributed by atoms with Crippen LogP contribution in [0.4, 0.5) is 18.9 Å². The molecule has 1 heterocycles. The maximum atomic E-state index is 12.7. The molecule has 1 aliphatic rings. The number of nitrogens with one attached hydrogen (secondary N) is 1. The lowest BCUT2D eigenvalue weighted by atomic mass is 9.99. The number of hydrogen-bond acceptors (Lipinski definition) is 4. The fraction of sp³-hybridized carbons (Fsp3) is 0.538. The molecule has 21 heavy (non-hydrogen) atoms. The Morgan fingerprint density at radius 2 is 1.95 bits per heavy atom. The first kappa shape index (κ1) is 15.6. The third-order valence-corrected chi connectivity index (χ3v) is 3.37. The molecule has 1 aromatic rings. The number of non-ortho nitro benzene ring substituents is 1. The highest BCUT2D eigenvalue weighted by atomic mass is 19.4. The Labute approximate surface area is 119 Å². The third-order valence-electron chi connectivity index (χ3n) is 3.37. The van der Waals surface area contributed by atoms with Crippen LogP contribution in [-0.2, 0) is 6.18 Å². The Balaban J connectivity index is 2.13. The molecule has 8 heteroatoms. The van der Waals surface area contributed by atoms with E-state index < -0.39 is 22.4 Å². The zero-order chi connectivity index (χ0) is 15.5. The average Bonchev–Trinajstić information content (AvgIpc) is 2.45. The van der Waals surface area contributed by atoms with E-state index in [9.17, 15) is 23.3 Å². The smallest absolute Gasteiger partial charge is 0.416 e. The Kier molecular flexibility index (Phi) is 4.66. The van der Waals surface area contributed by atoms with Gasteiger partial charge in [-0.25, -0.2) is 0 Å². The van der Waals surface area contributed by atoms with Crippen LogP contribution in [0.2, 0.25) is 0 Å². The van der Waals surface area contributed by atoms with Gasteiger partial charge in [-0.1, -0.05) is 0 Å². The van der Waals surface area contributed by atoms with Crippen molar-refractivity contribution in [1.29, 1.82) is 0 Å². The molecule has 0 saturated carbocycles. The predicted octanol–water partition coefficient (Wildman–Crippen LogP) is 2.99. The fourth-order valence-corrected chi connectivity index (χ4v) is 2.20. The highest BCUT2D eigenvalue weighted by molar-refractivity contribution is 5.43. The van der Waals surface area contributed by atoms with Crippen LogP contribution in [0.25, 0.3) is 0 Å². The van der Waals surface area contributed by atoms with Gasteiger partial charge >= 0.3 is 6.18 Å². The van der Waals surface area contributed by atoms with E-state index >= 15 is 0 Å². The van der Waals surface area contributed by atoms with Crippen molar-refractivity contribution in [1.82, 2.24) is 5.32 Å². The quantitative estimate of drug-likeness (QED) is 0.686. The molecule has 2 rings (SSSR count). The molecule has 116 valence electrons. The Morgan fingerprint density at radius 3 is 2.52 bits per heavy atom. The first-order valence-electron chi connectivity index (χ1n) is 6.56. The van der Waals surface area contributed by atoms with Gasteiger partial charge in [0.1, 0.15) is 5.75 Å². The normalized spacial score (nSPS) is 16.7. The molecule has 0 bridgehead atoms. The van der Waals surface area contributed by atoms with Gasteiger partial charge in [-0.05, 0) is 37.9 Å². The summed E-state index contributed by atoms with van der Waals surface area (Å²) in [4.78, 5) is 9.86. The molecule has 1 saturated heterocycles. The summed E-state index contributed by atoms with van der Waals surface area (Å²) in [5.41, 5.74) is -1.69. The van der Waals surface area contributed by atoms with Crippen molar-refractivity contribution < 1.29 is 22.8 Å². The van der Waals surface area contributed by atoms with E-state index in [-0.39, 0.29) is 18.3 Å². The number of rotatable bonds is 4. The fourth-order valence-electron chi connectivity index (χ4n) is 2.20. The number of hydrogen-bond donors (Lipinski definition) is 1. The van der Waals surface area contributed by atoms with Crippen molar-refractivity contribution >= 4 is 5.69 Å². The van der Waals surface area contributed by atoms with Crippen molar-refractivity contribution in [3.05, 3.63) is 33.9 Å². The van der Waals surface area contributed by atoms with Gasteiger partial charge < -0.3 is 10.1 Å². The van der Waals surface area contributed by atoms with E-state index in [2.05, 4.69) is 5.32 Å². The monoisotopic (exact) mass is 304 g/mol. The Hall–Kier alpha value is -1.83. The summed E-state index contributed by atoms with van der Waals surface area (Å²) in [5.74, 6) is 0.134. The molecule has 0 radical (unpaired) electrons. The second-order valence-electron chi connectivity index (χ2n) is 4.97. The Morgan fingerprint density at radius 1 is 1.29 bits per heavy atom. The van der Waals surface area contributed by atoms with Crippen LogP contribution in [0.15, 0.2) is 18.2 Å². The molecule has 0 amide bonds. The van der Waals surface area contributed by atoms with Crippen LogP contribution in [0.1, 0.15) is 18.4 Å². The molecule has 1 N–H and O–H groups in total. The van der Waals surface area contributed by atoms with Gasteiger partial charge in [0.2, 0.25) is 0 Å². The molecule has 0 atom stereocenters. The van der Waals surface area contributed by atoms with Gasteiger partial charge in [-0.15, -0.1) is 0 Å². The summed E-state index contributed by atoms with van der Waals surface area (Å²) in [6.07, 6.45) is -2.89. The zero-order valence-corrected chi connectivity index (χ0v) is 11.2. The van der Waals surface area contributed by atoms with Crippen molar-refractivity contribution in [3.8, 4) is 5.75 Å². The van der Waals surface area contributed by atoms with Gasteiger partial charge in [0.25, 0.3) is 5.69 Å². The summed E-state index contributed by atoms with van der Waals surface area (Å²) in [5, 5.41) is 13.9. The first-order valence-corrected chi connectivity index (χ1v) is 6.56. The SMILES string of the molecule is O=[N+]([O-])c1cc(OCC2CCNCC2)cc(C(F)(F)F)c1. The predicted molar refractivity (Wildman–Crippen MR) is 69.2 cm³/mol. The molecule has 0 spiro atoms. The van der Waals surface area contributed by atoms with Crippen LogP contribution >= 0.6 is 0 Å². The molecule has 0 aromatic heterocycles. The van der Waals surface area contributed by atoms with Gasteiger partial charge in [0, 0.05) is 6.07 Å². The van der Waals surface area contributed by atoms with Crippen LogP contribution in [0.3, 0.4) is 0 Å². The highest BCUT2D eigenvalue weighted by Gasteiger charge is 2.33.